The van der Waals surface area contributed by atoms with Crippen molar-refractivity contribution in [2.24, 2.45) is 0 Å². The molecule has 40 heavy (non-hydrogen) atoms. The summed E-state index contributed by atoms with van der Waals surface area (Å²) in [5, 5.41) is 8.39. The lowest BCUT2D eigenvalue weighted by Crippen LogP contribution is -2.53. The first-order chi connectivity index (χ1) is 18.7. The third-order valence-corrected chi connectivity index (χ3v) is 7.26. The van der Waals surface area contributed by atoms with Crippen LogP contribution < -0.4 is 5.62 Å². The second-order valence-corrected chi connectivity index (χ2v) is 12.6. The maximum absolute atomic E-state index is 12.3. The van der Waals surface area contributed by atoms with Crippen molar-refractivity contribution < 1.29 is 44.2 Å². The number of nitrogens with one attached hydrogen (secondary N) is 2. The molecule has 1 aliphatic heterocycles. The number of esters is 1. The van der Waals surface area contributed by atoms with Crippen LogP contribution in [0.2, 0.25) is 5.15 Å². The largest absolute Gasteiger partial charge is 0.455 e. The van der Waals surface area contributed by atoms with Gasteiger partial charge in [0.05, 0.1) is 25.4 Å². The molecule has 3 aromatic rings. The Kier molecular flexibility index (Phi) is 8.65. The SMILES string of the molecule is CC(=O)O[C@H]1[C@H](n2c(Cl)c3[nH]cnc3nc2=N)OC(COS(C)(=O)=O)(COS(C)(=O)=O)[C@H]1OCc1ccccc1. The Morgan fingerprint density at radius 2 is 1.77 bits per heavy atom. The van der Waals surface area contributed by atoms with Gasteiger partial charge in [0.15, 0.2) is 23.6 Å². The van der Waals surface area contributed by atoms with Crippen LogP contribution in [0, 0.1) is 5.41 Å². The molecule has 3 atom stereocenters. The van der Waals surface area contributed by atoms with Crippen molar-refractivity contribution in [2.45, 2.75) is 37.6 Å². The van der Waals surface area contributed by atoms with Gasteiger partial charge in [-0.15, -0.1) is 0 Å². The number of aromatic amines is 1. The predicted molar refractivity (Wildman–Crippen MR) is 138 cm³/mol. The monoisotopic (exact) mass is 619 g/mol. The first-order valence-corrected chi connectivity index (χ1v) is 15.6. The summed E-state index contributed by atoms with van der Waals surface area (Å²) >= 11 is 6.60. The molecule has 1 aromatic carbocycles. The molecule has 2 N–H and O–H groups in total. The van der Waals surface area contributed by atoms with Crippen molar-refractivity contribution in [1.82, 2.24) is 19.5 Å². The first-order valence-electron chi connectivity index (χ1n) is 11.5. The molecule has 0 unspecified atom stereocenters. The highest BCUT2D eigenvalue weighted by molar-refractivity contribution is 7.86. The lowest BCUT2D eigenvalue weighted by molar-refractivity contribution is -0.159. The number of rotatable bonds is 11. The standard InChI is InChI=1S/C22H26ClN5O10S2/c1-13(29)37-16-17(34-9-14-7-5-4-6-8-14)22(10-35-39(2,30)31,11-36-40(3,32)33)38-20(16)28-18(23)15-19(26-12-25-15)27-21(28)24/h4-8,12,16-17,20H,9-11H2,1-3H3,(H2,24,25,26,27)/t16-,17+,20-/m1/s1. The Morgan fingerprint density at radius 3 is 2.35 bits per heavy atom. The van der Waals surface area contributed by atoms with Gasteiger partial charge >= 0.3 is 5.97 Å². The second-order valence-electron chi connectivity index (χ2n) is 8.99. The van der Waals surface area contributed by atoms with Gasteiger partial charge in [-0.3, -0.25) is 23.1 Å². The number of nitrogens with zero attached hydrogens (tertiary/aromatic N) is 3. The fourth-order valence-corrected chi connectivity index (χ4v) is 5.30. The van der Waals surface area contributed by atoms with Crippen LogP contribution >= 0.6 is 11.6 Å². The number of H-pyrrole nitrogens is 1. The number of benzene rings is 1. The molecule has 4 rings (SSSR count). The Balaban J connectivity index is 1.89. The van der Waals surface area contributed by atoms with Gasteiger partial charge in [-0.25, -0.2) is 4.98 Å². The lowest BCUT2D eigenvalue weighted by Gasteiger charge is -2.33. The highest BCUT2D eigenvalue weighted by Gasteiger charge is 2.60. The Morgan fingerprint density at radius 1 is 1.15 bits per heavy atom. The average Bonchev–Trinajstić information content (AvgIpc) is 3.43. The molecule has 218 valence electrons. The van der Waals surface area contributed by atoms with E-state index in [1.807, 2.05) is 0 Å². The van der Waals surface area contributed by atoms with Gasteiger partial charge in [0, 0.05) is 6.92 Å². The quantitative estimate of drug-likeness (QED) is 0.172. The van der Waals surface area contributed by atoms with Crippen LogP contribution in [0.25, 0.3) is 11.2 Å². The fraction of sp³-hybridized carbons (Fsp3) is 0.455. The van der Waals surface area contributed by atoms with Crippen molar-refractivity contribution >= 4 is 49.0 Å². The number of hydrogen-bond acceptors (Lipinski definition) is 13. The number of aromatic nitrogens is 4. The van der Waals surface area contributed by atoms with Crippen LogP contribution in [0.15, 0.2) is 36.7 Å². The van der Waals surface area contributed by atoms with E-state index in [0.29, 0.717) is 5.56 Å². The van der Waals surface area contributed by atoms with E-state index in [-0.39, 0.29) is 22.9 Å². The third kappa shape index (κ3) is 6.85. The predicted octanol–water partition coefficient (Wildman–Crippen LogP) is 0.629. The molecule has 2 aromatic heterocycles. The van der Waals surface area contributed by atoms with E-state index in [1.165, 1.54) is 6.33 Å². The molecule has 0 spiro atoms. The summed E-state index contributed by atoms with van der Waals surface area (Å²) in [6.07, 6.45) is -1.40. The van der Waals surface area contributed by atoms with Crippen LogP contribution in [0.1, 0.15) is 18.7 Å². The Hall–Kier alpha value is -2.93. The number of halogens is 1. The fourth-order valence-electron chi connectivity index (χ4n) is 4.15. The van der Waals surface area contributed by atoms with Crippen LogP contribution in [0.5, 0.6) is 0 Å². The molecule has 0 amide bonds. The smallest absolute Gasteiger partial charge is 0.303 e. The molecular formula is C22H26ClN5O10S2. The molecule has 15 nitrogen and oxygen atoms in total. The van der Waals surface area contributed by atoms with Gasteiger partial charge in [0.25, 0.3) is 20.2 Å². The molecule has 1 saturated heterocycles. The molecule has 18 heteroatoms. The van der Waals surface area contributed by atoms with Gasteiger partial charge in [-0.05, 0) is 5.56 Å². The van der Waals surface area contributed by atoms with Crippen LogP contribution in [-0.4, -0.2) is 85.9 Å². The highest BCUT2D eigenvalue weighted by atomic mass is 35.5. The summed E-state index contributed by atoms with van der Waals surface area (Å²) in [6, 6.07) is 8.81. The molecule has 3 heterocycles. The number of imidazole rings is 1. The van der Waals surface area contributed by atoms with Crippen molar-refractivity contribution in [2.75, 3.05) is 25.7 Å². The Bertz CT molecular complexity index is 1620. The minimum atomic E-state index is -4.10. The molecule has 1 fully saturated rings. The van der Waals surface area contributed by atoms with Gasteiger partial charge in [-0.2, -0.15) is 21.8 Å². The highest BCUT2D eigenvalue weighted by Crippen LogP contribution is 2.43. The molecule has 0 bridgehead atoms. The van der Waals surface area contributed by atoms with E-state index in [2.05, 4.69) is 15.0 Å². The Labute approximate surface area is 234 Å². The van der Waals surface area contributed by atoms with Gasteiger partial charge in [0.1, 0.15) is 30.0 Å². The number of hydrogen-bond donors (Lipinski definition) is 2. The molecule has 0 aliphatic carbocycles. The lowest BCUT2D eigenvalue weighted by atomic mass is 9.96. The summed E-state index contributed by atoms with van der Waals surface area (Å²) in [4.78, 5) is 23.1. The van der Waals surface area contributed by atoms with Crippen LogP contribution in [0.3, 0.4) is 0 Å². The van der Waals surface area contributed by atoms with Gasteiger partial charge in [-0.1, -0.05) is 41.9 Å². The molecular weight excluding hydrogens is 594 g/mol. The van der Waals surface area contributed by atoms with E-state index >= 15 is 0 Å². The molecule has 0 saturated carbocycles. The van der Waals surface area contributed by atoms with Crippen LogP contribution in [0.4, 0.5) is 0 Å². The number of fused-ring (bicyclic) bond motifs is 1. The van der Waals surface area contributed by atoms with E-state index in [0.717, 1.165) is 24.0 Å². The van der Waals surface area contributed by atoms with Crippen molar-refractivity contribution in [3.8, 4) is 0 Å². The minimum absolute atomic E-state index is 0.0944. The summed E-state index contributed by atoms with van der Waals surface area (Å²) in [6.45, 7) is -0.584. The van der Waals surface area contributed by atoms with Crippen molar-refractivity contribution in [1.29, 1.82) is 5.41 Å². The zero-order chi connectivity index (χ0) is 29.3. The summed E-state index contributed by atoms with van der Waals surface area (Å²) in [5.74, 6) is -0.783. The van der Waals surface area contributed by atoms with E-state index in [1.54, 1.807) is 30.3 Å². The topological polar surface area (TPSA) is 202 Å². The maximum atomic E-state index is 12.3. The minimum Gasteiger partial charge on any atom is -0.455 e. The number of carbonyl (C=O) groups excluding carboxylic acids is 1. The summed E-state index contributed by atoms with van der Waals surface area (Å²) in [7, 11) is -8.20. The zero-order valence-corrected chi connectivity index (χ0v) is 23.8. The van der Waals surface area contributed by atoms with E-state index < -0.39 is 69.1 Å². The first kappa shape index (κ1) is 30.0. The number of carbonyl (C=O) groups is 1. The number of ether oxygens (including phenoxy) is 3. The van der Waals surface area contributed by atoms with Gasteiger partial charge in [0.2, 0.25) is 5.62 Å². The van der Waals surface area contributed by atoms with Crippen LogP contribution in [-0.2, 0) is 54.2 Å². The summed E-state index contributed by atoms with van der Waals surface area (Å²) < 4.78 is 77.2. The van der Waals surface area contributed by atoms with E-state index in [9.17, 15) is 21.6 Å². The van der Waals surface area contributed by atoms with Gasteiger partial charge < -0.3 is 19.2 Å². The maximum Gasteiger partial charge on any atom is 0.303 e. The normalized spacial score (nSPS) is 21.1. The molecule has 1 aliphatic rings. The van der Waals surface area contributed by atoms with Crippen molar-refractivity contribution in [3.63, 3.8) is 0 Å². The second kappa shape index (κ2) is 11.5. The molecule has 0 radical (unpaired) electrons. The van der Waals surface area contributed by atoms with Crippen molar-refractivity contribution in [3.05, 3.63) is 53.0 Å². The van der Waals surface area contributed by atoms with E-state index in [4.69, 9.17) is 39.6 Å². The zero-order valence-electron chi connectivity index (χ0n) is 21.4. The summed E-state index contributed by atoms with van der Waals surface area (Å²) in [5.41, 5.74) is -1.45. The average molecular weight is 620 g/mol. The third-order valence-electron chi connectivity index (χ3n) is 5.79.